The third-order valence-electron chi connectivity index (χ3n) is 5.07. The second kappa shape index (κ2) is 6.99. The van der Waals surface area contributed by atoms with Crippen LogP contribution in [-0.4, -0.2) is 28.9 Å². The molecule has 0 saturated heterocycles. The molecular formula is C21H19N3O4. The molecule has 2 aliphatic rings. The number of aryl methyl sites for hydroxylation is 1. The molecule has 0 spiro atoms. The molecule has 3 aromatic rings. The second-order valence-corrected chi connectivity index (χ2v) is 7.01. The highest BCUT2D eigenvalue weighted by molar-refractivity contribution is 5.76. The van der Waals surface area contributed by atoms with Crippen LogP contribution in [0.15, 0.2) is 46.9 Å². The van der Waals surface area contributed by atoms with E-state index in [-0.39, 0.29) is 18.7 Å². The van der Waals surface area contributed by atoms with Gasteiger partial charge in [-0.15, -0.1) is 10.2 Å². The monoisotopic (exact) mass is 377 g/mol. The van der Waals surface area contributed by atoms with Gasteiger partial charge in [-0.3, -0.25) is 4.79 Å². The Morgan fingerprint density at radius 1 is 1.04 bits per heavy atom. The number of nitrogens with one attached hydrogen (secondary N) is 1. The second-order valence-electron chi connectivity index (χ2n) is 7.01. The average Bonchev–Trinajstić information content (AvgIpc) is 3.44. The van der Waals surface area contributed by atoms with Crippen LogP contribution in [0.1, 0.15) is 23.4 Å². The van der Waals surface area contributed by atoms with Gasteiger partial charge in [0, 0.05) is 24.4 Å². The Balaban J connectivity index is 1.16. The van der Waals surface area contributed by atoms with Crippen molar-refractivity contribution in [3.8, 4) is 23.0 Å². The molecule has 0 saturated carbocycles. The third kappa shape index (κ3) is 3.31. The van der Waals surface area contributed by atoms with Gasteiger partial charge in [0.05, 0.1) is 0 Å². The summed E-state index contributed by atoms with van der Waals surface area (Å²) in [5.41, 5.74) is 3.40. The van der Waals surface area contributed by atoms with Crippen LogP contribution in [0.5, 0.6) is 11.5 Å². The lowest BCUT2D eigenvalue weighted by Gasteiger charge is -2.11. The molecular weight excluding hydrogens is 358 g/mol. The first-order chi connectivity index (χ1) is 13.7. The third-order valence-corrected chi connectivity index (χ3v) is 5.07. The number of nitrogens with zero attached hydrogens (tertiary/aromatic N) is 2. The van der Waals surface area contributed by atoms with Gasteiger partial charge in [-0.25, -0.2) is 0 Å². The number of aromatic nitrogens is 2. The van der Waals surface area contributed by atoms with Crippen LogP contribution in [0.3, 0.4) is 0 Å². The van der Waals surface area contributed by atoms with Gasteiger partial charge < -0.3 is 19.2 Å². The Labute approximate surface area is 161 Å². The summed E-state index contributed by atoms with van der Waals surface area (Å²) < 4.78 is 16.4. The van der Waals surface area contributed by atoms with Crippen molar-refractivity contribution in [3.05, 3.63) is 59.5 Å². The van der Waals surface area contributed by atoms with Crippen molar-refractivity contribution in [2.75, 3.05) is 6.79 Å². The molecule has 0 bridgehead atoms. The molecule has 7 heteroatoms. The summed E-state index contributed by atoms with van der Waals surface area (Å²) in [5, 5.41) is 11.2. The summed E-state index contributed by atoms with van der Waals surface area (Å²) in [6, 6.07) is 14.0. The van der Waals surface area contributed by atoms with Crippen LogP contribution in [0.2, 0.25) is 0 Å². The molecule has 28 heavy (non-hydrogen) atoms. The summed E-state index contributed by atoms with van der Waals surface area (Å²) >= 11 is 0. The minimum Gasteiger partial charge on any atom is -0.454 e. The van der Waals surface area contributed by atoms with E-state index in [0.717, 1.165) is 18.4 Å². The van der Waals surface area contributed by atoms with Crippen LogP contribution in [0.4, 0.5) is 0 Å². The van der Waals surface area contributed by atoms with Crippen molar-refractivity contribution in [2.45, 2.75) is 31.7 Å². The Morgan fingerprint density at radius 3 is 2.64 bits per heavy atom. The zero-order valence-corrected chi connectivity index (χ0v) is 15.2. The number of rotatable bonds is 5. The Bertz CT molecular complexity index is 1000. The van der Waals surface area contributed by atoms with Crippen molar-refractivity contribution in [1.29, 1.82) is 0 Å². The van der Waals surface area contributed by atoms with Crippen LogP contribution >= 0.6 is 0 Å². The fourth-order valence-electron chi connectivity index (χ4n) is 3.68. The van der Waals surface area contributed by atoms with Gasteiger partial charge in [0.1, 0.15) is 0 Å². The van der Waals surface area contributed by atoms with Crippen molar-refractivity contribution in [3.63, 3.8) is 0 Å². The highest BCUT2D eigenvalue weighted by Crippen LogP contribution is 2.35. The van der Waals surface area contributed by atoms with Crippen molar-refractivity contribution in [1.82, 2.24) is 15.5 Å². The predicted molar refractivity (Wildman–Crippen MR) is 100.0 cm³/mol. The topological polar surface area (TPSA) is 86.5 Å². The van der Waals surface area contributed by atoms with E-state index in [1.54, 1.807) is 0 Å². The van der Waals surface area contributed by atoms with Gasteiger partial charge in [-0.2, -0.15) is 0 Å². The maximum atomic E-state index is 12.3. The minimum atomic E-state index is 0.000589. The first-order valence-corrected chi connectivity index (χ1v) is 9.33. The lowest BCUT2D eigenvalue weighted by Crippen LogP contribution is -2.35. The minimum absolute atomic E-state index is 0.000589. The number of hydrogen-bond donors (Lipinski definition) is 1. The Hall–Kier alpha value is -3.35. The van der Waals surface area contributed by atoms with Gasteiger partial charge in [-0.05, 0) is 42.2 Å². The van der Waals surface area contributed by atoms with Gasteiger partial charge in [0.15, 0.2) is 11.5 Å². The van der Waals surface area contributed by atoms with Gasteiger partial charge in [-0.1, -0.05) is 24.3 Å². The van der Waals surface area contributed by atoms with E-state index in [4.69, 9.17) is 13.9 Å². The highest BCUT2D eigenvalue weighted by atomic mass is 16.7. The molecule has 1 aliphatic carbocycles. The number of amides is 1. The molecule has 0 atom stereocenters. The van der Waals surface area contributed by atoms with Crippen molar-refractivity contribution in [2.24, 2.45) is 0 Å². The molecule has 1 amide bonds. The fourth-order valence-corrected chi connectivity index (χ4v) is 3.68. The molecule has 2 heterocycles. The molecule has 7 nitrogen and oxygen atoms in total. The van der Waals surface area contributed by atoms with Gasteiger partial charge in [0.2, 0.25) is 24.5 Å². The largest absolute Gasteiger partial charge is 0.454 e. The SMILES string of the molecule is O=C(CCc1nnc(-c2ccc3c(c2)OCO3)o1)NC1Cc2ccccc2C1. The first kappa shape index (κ1) is 16.8. The zero-order chi connectivity index (χ0) is 18.9. The molecule has 5 rings (SSSR count). The predicted octanol–water partition coefficient (Wildman–Crippen LogP) is 2.68. The van der Waals surface area contributed by atoms with Crippen LogP contribution in [-0.2, 0) is 24.1 Å². The molecule has 0 fully saturated rings. The molecule has 1 N–H and O–H groups in total. The summed E-state index contributed by atoms with van der Waals surface area (Å²) in [6.07, 6.45) is 2.49. The van der Waals surface area contributed by atoms with Crippen LogP contribution in [0, 0.1) is 0 Å². The standard InChI is InChI=1S/C21H19N3O4/c25-19(22-16-9-13-3-1-2-4-14(13)10-16)7-8-20-23-24-21(28-20)15-5-6-17-18(11-15)27-12-26-17/h1-6,11,16H,7-10,12H2,(H,22,25). The Kier molecular flexibility index (Phi) is 4.20. The molecule has 0 radical (unpaired) electrons. The summed E-state index contributed by atoms with van der Waals surface area (Å²) in [7, 11) is 0. The number of hydrogen-bond acceptors (Lipinski definition) is 6. The van der Waals surface area contributed by atoms with Crippen LogP contribution in [0.25, 0.3) is 11.5 Å². The quantitative estimate of drug-likeness (QED) is 0.736. The van der Waals surface area contributed by atoms with E-state index in [1.165, 1.54) is 11.1 Å². The number of carbonyl (C=O) groups is 1. The fraction of sp³-hybridized carbons (Fsp3) is 0.286. The number of benzene rings is 2. The molecule has 142 valence electrons. The molecule has 0 unspecified atom stereocenters. The smallest absolute Gasteiger partial charge is 0.247 e. The van der Waals surface area contributed by atoms with Gasteiger partial charge in [0.25, 0.3) is 0 Å². The van der Waals surface area contributed by atoms with Crippen molar-refractivity contribution < 1.29 is 18.7 Å². The Morgan fingerprint density at radius 2 is 1.82 bits per heavy atom. The zero-order valence-electron chi connectivity index (χ0n) is 15.2. The van der Waals surface area contributed by atoms with Crippen molar-refractivity contribution >= 4 is 5.91 Å². The van der Waals surface area contributed by atoms with E-state index in [1.807, 2.05) is 30.3 Å². The number of fused-ring (bicyclic) bond motifs is 2. The van der Waals surface area contributed by atoms with Gasteiger partial charge >= 0.3 is 0 Å². The highest BCUT2D eigenvalue weighted by Gasteiger charge is 2.22. The molecule has 1 aromatic heterocycles. The maximum Gasteiger partial charge on any atom is 0.247 e. The lowest BCUT2D eigenvalue weighted by atomic mass is 10.1. The summed E-state index contributed by atoms with van der Waals surface area (Å²) in [6.45, 7) is 0.217. The summed E-state index contributed by atoms with van der Waals surface area (Å²) in [5.74, 6) is 2.21. The average molecular weight is 377 g/mol. The molecule has 2 aromatic carbocycles. The normalized spacial score (nSPS) is 14.9. The number of carbonyl (C=O) groups excluding carboxylic acids is 1. The summed E-state index contributed by atoms with van der Waals surface area (Å²) in [4.78, 5) is 12.3. The van der Waals surface area contributed by atoms with Crippen LogP contribution < -0.4 is 14.8 Å². The van der Waals surface area contributed by atoms with E-state index in [0.29, 0.717) is 36.1 Å². The van der Waals surface area contributed by atoms with E-state index in [9.17, 15) is 4.79 Å². The van der Waals surface area contributed by atoms with E-state index >= 15 is 0 Å². The first-order valence-electron chi connectivity index (χ1n) is 9.33. The van der Waals surface area contributed by atoms with E-state index in [2.05, 4.69) is 27.6 Å². The lowest BCUT2D eigenvalue weighted by molar-refractivity contribution is -0.121. The number of ether oxygens (including phenoxy) is 2. The molecule has 1 aliphatic heterocycles. The van der Waals surface area contributed by atoms with E-state index < -0.39 is 0 Å². The maximum absolute atomic E-state index is 12.3.